The molecular formula is C15H16ClF3N2O3. The molecule has 1 unspecified atom stereocenters. The summed E-state index contributed by atoms with van der Waals surface area (Å²) in [5.41, 5.74) is -0.300. The van der Waals surface area contributed by atoms with Gasteiger partial charge in [0, 0.05) is 11.6 Å². The van der Waals surface area contributed by atoms with Gasteiger partial charge in [0.25, 0.3) is 5.91 Å². The Hall–Kier alpha value is -1.83. The van der Waals surface area contributed by atoms with E-state index in [0.717, 1.165) is 0 Å². The lowest BCUT2D eigenvalue weighted by Gasteiger charge is -2.23. The van der Waals surface area contributed by atoms with E-state index in [9.17, 15) is 27.6 Å². The number of carbonyl (C=O) groups excluding carboxylic acids is 3. The van der Waals surface area contributed by atoms with E-state index in [4.69, 9.17) is 11.6 Å². The topological polar surface area (TPSA) is 66.5 Å². The summed E-state index contributed by atoms with van der Waals surface area (Å²) in [5.74, 6) is -3.22. The van der Waals surface area contributed by atoms with Crippen molar-refractivity contribution in [2.75, 3.05) is 13.1 Å². The highest BCUT2D eigenvalue weighted by Crippen LogP contribution is 2.40. The largest absolute Gasteiger partial charge is 0.396 e. The van der Waals surface area contributed by atoms with Gasteiger partial charge in [-0.3, -0.25) is 9.59 Å². The first-order valence-corrected chi connectivity index (χ1v) is 7.79. The Kier molecular flexibility index (Phi) is 5.69. The number of rotatable bonds is 4. The first-order chi connectivity index (χ1) is 11.3. The molecule has 1 N–H and O–H groups in total. The van der Waals surface area contributed by atoms with Crippen molar-refractivity contribution in [1.82, 2.24) is 10.2 Å². The third-order valence-electron chi connectivity index (χ3n) is 4.04. The van der Waals surface area contributed by atoms with Crippen LogP contribution in [0, 0.1) is 5.92 Å². The van der Waals surface area contributed by atoms with Crippen molar-refractivity contribution in [2.45, 2.75) is 31.5 Å². The van der Waals surface area contributed by atoms with E-state index >= 15 is 0 Å². The minimum absolute atomic E-state index is 0.300. The summed E-state index contributed by atoms with van der Waals surface area (Å²) in [4.78, 5) is 36.3. The maximum Gasteiger partial charge on any atom is 0.396 e. The Bertz CT molecular complexity index is 601. The molecule has 1 aliphatic carbocycles. The molecule has 0 bridgehead atoms. The van der Waals surface area contributed by atoms with Gasteiger partial charge in [0.2, 0.25) is 5.91 Å². The third-order valence-corrected chi connectivity index (χ3v) is 4.50. The Labute approximate surface area is 141 Å². The first kappa shape index (κ1) is 18.5. The predicted molar refractivity (Wildman–Crippen MR) is 80.0 cm³/mol. The van der Waals surface area contributed by atoms with Crippen LogP contribution in [-0.2, 0) is 14.4 Å². The molecule has 2 amide bonds. The molecule has 1 fully saturated rings. The minimum atomic E-state index is -4.55. The van der Waals surface area contributed by atoms with Crippen molar-refractivity contribution in [2.24, 2.45) is 5.92 Å². The maximum atomic E-state index is 12.9. The minimum Gasteiger partial charge on any atom is -0.343 e. The molecular weight excluding hydrogens is 349 g/mol. The fraction of sp³-hybridized carbons (Fsp3) is 0.533. The molecule has 0 aromatic heterocycles. The summed E-state index contributed by atoms with van der Waals surface area (Å²) in [7, 11) is 0. The zero-order valence-electron chi connectivity index (χ0n) is 12.6. The molecule has 2 atom stereocenters. The monoisotopic (exact) mass is 364 g/mol. The first-order valence-electron chi connectivity index (χ1n) is 7.41. The SMILES string of the molecule is O=C[C@@H]1CCCN1C(=O)CNC(=O)C1=C(Cl)C(C(F)(F)F)CC=C1. The number of amides is 2. The Balaban J connectivity index is 2.00. The number of likely N-dealkylation sites (tertiary alicyclic amines) is 1. The molecule has 1 heterocycles. The van der Waals surface area contributed by atoms with E-state index in [1.165, 1.54) is 17.1 Å². The second kappa shape index (κ2) is 7.38. The van der Waals surface area contributed by atoms with Crippen LogP contribution in [0.5, 0.6) is 0 Å². The van der Waals surface area contributed by atoms with Crippen LogP contribution in [-0.4, -0.2) is 48.3 Å². The number of nitrogens with zero attached hydrogens (tertiary/aromatic N) is 1. The van der Waals surface area contributed by atoms with Crippen molar-refractivity contribution >= 4 is 29.7 Å². The zero-order valence-corrected chi connectivity index (χ0v) is 13.4. The molecule has 2 aliphatic rings. The van der Waals surface area contributed by atoms with E-state index < -0.39 is 41.5 Å². The van der Waals surface area contributed by atoms with Crippen molar-refractivity contribution < 1.29 is 27.6 Å². The van der Waals surface area contributed by atoms with Gasteiger partial charge in [-0.1, -0.05) is 23.8 Å². The maximum absolute atomic E-state index is 12.9. The van der Waals surface area contributed by atoms with Gasteiger partial charge in [-0.15, -0.1) is 0 Å². The number of halogens is 4. The van der Waals surface area contributed by atoms with Crippen LogP contribution in [0.2, 0.25) is 0 Å². The van der Waals surface area contributed by atoms with Crippen LogP contribution in [0.4, 0.5) is 13.2 Å². The van der Waals surface area contributed by atoms with Gasteiger partial charge < -0.3 is 15.0 Å². The Morgan fingerprint density at radius 3 is 2.75 bits per heavy atom. The zero-order chi connectivity index (χ0) is 17.9. The molecule has 132 valence electrons. The van der Waals surface area contributed by atoms with Crippen LogP contribution in [0.15, 0.2) is 22.8 Å². The average molecular weight is 365 g/mol. The van der Waals surface area contributed by atoms with E-state index in [1.807, 2.05) is 0 Å². The highest BCUT2D eigenvalue weighted by molar-refractivity contribution is 6.32. The van der Waals surface area contributed by atoms with E-state index in [-0.39, 0.29) is 12.0 Å². The number of hydrogen-bond acceptors (Lipinski definition) is 3. The smallest absolute Gasteiger partial charge is 0.343 e. The lowest BCUT2D eigenvalue weighted by molar-refractivity contribution is -0.161. The molecule has 1 saturated heterocycles. The molecule has 0 saturated carbocycles. The molecule has 9 heteroatoms. The fourth-order valence-electron chi connectivity index (χ4n) is 2.75. The molecule has 2 rings (SSSR count). The van der Waals surface area contributed by atoms with Gasteiger partial charge >= 0.3 is 6.18 Å². The average Bonchev–Trinajstić information content (AvgIpc) is 3.00. The summed E-state index contributed by atoms with van der Waals surface area (Å²) in [6.45, 7) is 0.0129. The molecule has 0 aromatic carbocycles. The van der Waals surface area contributed by atoms with Gasteiger partial charge in [0.15, 0.2) is 0 Å². The van der Waals surface area contributed by atoms with E-state index in [2.05, 4.69) is 5.32 Å². The molecule has 0 radical (unpaired) electrons. The van der Waals surface area contributed by atoms with Crippen LogP contribution < -0.4 is 5.32 Å². The third kappa shape index (κ3) is 3.98. The highest BCUT2D eigenvalue weighted by Gasteiger charge is 2.43. The number of carbonyl (C=O) groups is 3. The summed E-state index contributed by atoms with van der Waals surface area (Å²) in [6.07, 6.45) is -0.503. The number of nitrogens with one attached hydrogen (secondary N) is 1. The van der Waals surface area contributed by atoms with Crippen molar-refractivity contribution in [1.29, 1.82) is 0 Å². The molecule has 5 nitrogen and oxygen atoms in total. The molecule has 0 spiro atoms. The summed E-state index contributed by atoms with van der Waals surface area (Å²) in [6, 6.07) is -0.513. The predicted octanol–water partition coefficient (Wildman–Crippen LogP) is 1.92. The number of hydrogen-bond donors (Lipinski definition) is 1. The highest BCUT2D eigenvalue weighted by atomic mass is 35.5. The Morgan fingerprint density at radius 2 is 2.12 bits per heavy atom. The molecule has 0 aromatic rings. The van der Waals surface area contributed by atoms with Gasteiger partial charge in [-0.2, -0.15) is 13.2 Å². The summed E-state index contributed by atoms with van der Waals surface area (Å²) < 4.78 is 38.6. The lowest BCUT2D eigenvalue weighted by Crippen LogP contribution is -2.43. The fourth-order valence-corrected chi connectivity index (χ4v) is 3.11. The quantitative estimate of drug-likeness (QED) is 0.775. The standard InChI is InChI=1S/C15H16ClF3N2O3/c16-13-10(4-1-5-11(13)15(17,18)19)14(24)20-7-12(23)21-6-2-3-9(21)8-22/h1,4,8-9,11H,2-3,5-7H2,(H,20,24)/t9-,11?/m0/s1. The van der Waals surface area contributed by atoms with Crippen LogP contribution in [0.25, 0.3) is 0 Å². The molecule has 24 heavy (non-hydrogen) atoms. The van der Waals surface area contributed by atoms with Gasteiger partial charge in [-0.25, -0.2) is 0 Å². The van der Waals surface area contributed by atoms with Crippen molar-refractivity contribution in [3.8, 4) is 0 Å². The second-order valence-corrected chi connectivity index (χ2v) is 6.02. The number of allylic oxidation sites excluding steroid dienone is 2. The van der Waals surface area contributed by atoms with Crippen LogP contribution in [0.3, 0.4) is 0 Å². The summed E-state index contributed by atoms with van der Waals surface area (Å²) in [5, 5.41) is 1.69. The summed E-state index contributed by atoms with van der Waals surface area (Å²) >= 11 is 5.72. The van der Waals surface area contributed by atoms with Gasteiger partial charge in [-0.05, 0) is 19.3 Å². The van der Waals surface area contributed by atoms with Crippen LogP contribution in [0.1, 0.15) is 19.3 Å². The van der Waals surface area contributed by atoms with Gasteiger partial charge in [0.05, 0.1) is 24.1 Å². The van der Waals surface area contributed by atoms with Crippen molar-refractivity contribution in [3.63, 3.8) is 0 Å². The van der Waals surface area contributed by atoms with E-state index in [0.29, 0.717) is 25.7 Å². The molecule has 1 aliphatic heterocycles. The number of aldehydes is 1. The van der Waals surface area contributed by atoms with Crippen molar-refractivity contribution in [3.05, 3.63) is 22.8 Å². The Morgan fingerprint density at radius 1 is 1.42 bits per heavy atom. The number of alkyl halides is 3. The van der Waals surface area contributed by atoms with E-state index in [1.54, 1.807) is 0 Å². The lowest BCUT2D eigenvalue weighted by atomic mass is 9.95. The van der Waals surface area contributed by atoms with Crippen LogP contribution >= 0.6 is 11.6 Å². The second-order valence-electron chi connectivity index (χ2n) is 5.61. The van der Waals surface area contributed by atoms with Gasteiger partial charge in [0.1, 0.15) is 6.29 Å². The normalized spacial score (nSPS) is 24.2.